The number of benzene rings is 1. The molecular formula is C15H11NO6-2. The highest BCUT2D eigenvalue weighted by atomic mass is 16.5. The van der Waals surface area contributed by atoms with Crippen LogP contribution in [0.3, 0.4) is 0 Å². The molecule has 0 aromatic heterocycles. The molecule has 0 saturated carbocycles. The standard InChI is InChI=1S/C15H13NO6/c17-13(16-8-4-2-1-3-7(8)14(18)19)11-9-5-6-10(22-9)12(11)15(20)21/h1-6,9-12H,(H,16,17)(H,18,19)(H,20,21)/p-2/t9-,10+,11+,12-/m0/s1. The zero-order valence-electron chi connectivity index (χ0n) is 11.2. The second-order valence-corrected chi connectivity index (χ2v) is 5.14. The Morgan fingerprint density at radius 3 is 2.27 bits per heavy atom. The third kappa shape index (κ3) is 2.25. The molecule has 0 spiro atoms. The molecular weight excluding hydrogens is 290 g/mol. The van der Waals surface area contributed by atoms with Gasteiger partial charge >= 0.3 is 0 Å². The molecule has 1 saturated heterocycles. The summed E-state index contributed by atoms with van der Waals surface area (Å²) in [5, 5.41) is 24.7. The Bertz CT molecular complexity index is 682. The van der Waals surface area contributed by atoms with E-state index in [9.17, 15) is 24.6 Å². The quantitative estimate of drug-likeness (QED) is 0.663. The number of carbonyl (C=O) groups excluding carboxylic acids is 3. The Morgan fingerprint density at radius 2 is 1.64 bits per heavy atom. The van der Waals surface area contributed by atoms with Crippen LogP contribution in [0.25, 0.3) is 0 Å². The smallest absolute Gasteiger partial charge is 0.231 e. The highest BCUT2D eigenvalue weighted by Crippen LogP contribution is 2.39. The van der Waals surface area contributed by atoms with Gasteiger partial charge in [-0.15, -0.1) is 0 Å². The van der Waals surface area contributed by atoms with E-state index in [-0.39, 0.29) is 11.3 Å². The zero-order chi connectivity index (χ0) is 15.9. The van der Waals surface area contributed by atoms with Crippen molar-refractivity contribution >= 4 is 23.5 Å². The minimum atomic E-state index is -1.43. The van der Waals surface area contributed by atoms with E-state index in [0.717, 1.165) is 0 Å². The van der Waals surface area contributed by atoms with Gasteiger partial charge in [0, 0.05) is 23.1 Å². The maximum absolute atomic E-state index is 12.4. The third-order valence-electron chi connectivity index (χ3n) is 3.88. The summed E-state index contributed by atoms with van der Waals surface area (Å²) >= 11 is 0. The van der Waals surface area contributed by atoms with Gasteiger partial charge in [-0.05, 0) is 6.07 Å². The number of hydrogen-bond acceptors (Lipinski definition) is 6. The maximum Gasteiger partial charge on any atom is 0.231 e. The van der Waals surface area contributed by atoms with Crippen LogP contribution in [0.2, 0.25) is 0 Å². The first-order valence-electron chi connectivity index (χ1n) is 6.65. The van der Waals surface area contributed by atoms with Gasteiger partial charge in [0.25, 0.3) is 0 Å². The number of nitrogens with one attached hydrogen (secondary N) is 1. The number of carbonyl (C=O) groups is 3. The van der Waals surface area contributed by atoms with Gasteiger partial charge in [-0.1, -0.05) is 30.4 Å². The number of carboxylic acids is 2. The molecule has 2 aliphatic rings. The second kappa shape index (κ2) is 5.27. The van der Waals surface area contributed by atoms with Gasteiger partial charge in [-0.2, -0.15) is 0 Å². The van der Waals surface area contributed by atoms with E-state index < -0.39 is 41.9 Å². The summed E-state index contributed by atoms with van der Waals surface area (Å²) in [6.45, 7) is 0. The minimum Gasteiger partial charge on any atom is -0.550 e. The first-order valence-corrected chi connectivity index (χ1v) is 6.65. The first kappa shape index (κ1) is 14.3. The molecule has 1 amide bonds. The van der Waals surface area contributed by atoms with Crippen LogP contribution in [0.15, 0.2) is 36.4 Å². The van der Waals surface area contributed by atoms with Crippen LogP contribution in [0.1, 0.15) is 10.4 Å². The Hall–Kier alpha value is -2.67. The lowest BCUT2D eigenvalue weighted by atomic mass is 9.82. The van der Waals surface area contributed by atoms with Gasteiger partial charge in [-0.25, -0.2) is 0 Å². The van der Waals surface area contributed by atoms with Crippen LogP contribution in [0, 0.1) is 11.8 Å². The molecule has 1 aromatic carbocycles. The van der Waals surface area contributed by atoms with Gasteiger partial charge in [0.2, 0.25) is 5.91 Å². The van der Waals surface area contributed by atoms with Gasteiger partial charge in [0.15, 0.2) is 0 Å². The molecule has 3 rings (SSSR count). The fourth-order valence-electron chi connectivity index (χ4n) is 2.89. The molecule has 0 aliphatic carbocycles. The van der Waals surface area contributed by atoms with Crippen molar-refractivity contribution in [3.63, 3.8) is 0 Å². The summed E-state index contributed by atoms with van der Waals surface area (Å²) in [5.74, 6) is -5.48. The molecule has 2 heterocycles. The molecule has 7 heteroatoms. The summed E-state index contributed by atoms with van der Waals surface area (Å²) < 4.78 is 5.37. The number of carboxylic acid groups (broad SMARTS) is 2. The number of amides is 1. The van der Waals surface area contributed by atoms with Crippen molar-refractivity contribution in [2.75, 3.05) is 5.32 Å². The molecule has 114 valence electrons. The molecule has 0 radical (unpaired) electrons. The van der Waals surface area contributed by atoms with Crippen molar-refractivity contribution in [1.82, 2.24) is 0 Å². The number of rotatable bonds is 4. The number of anilines is 1. The minimum absolute atomic E-state index is 0.0522. The molecule has 1 aromatic rings. The Labute approximate surface area is 125 Å². The molecule has 22 heavy (non-hydrogen) atoms. The number of hydrogen-bond donors (Lipinski definition) is 1. The SMILES string of the molecule is O=C([O-])c1ccccc1NC(=O)[C@H]1[C@@H](C(=O)[O-])[C@H]2C=C[C@@H]1O2. The summed E-state index contributed by atoms with van der Waals surface area (Å²) in [5.41, 5.74) is -0.128. The summed E-state index contributed by atoms with van der Waals surface area (Å²) in [6.07, 6.45) is 1.87. The Kier molecular flexibility index (Phi) is 3.42. The van der Waals surface area contributed by atoms with E-state index in [1.54, 1.807) is 18.2 Å². The molecule has 0 unspecified atom stereocenters. The van der Waals surface area contributed by atoms with E-state index in [1.165, 1.54) is 18.2 Å². The van der Waals surface area contributed by atoms with E-state index in [1.807, 2.05) is 0 Å². The highest BCUT2D eigenvalue weighted by Gasteiger charge is 2.50. The predicted molar refractivity (Wildman–Crippen MR) is 69.2 cm³/mol. The molecule has 7 nitrogen and oxygen atoms in total. The fourth-order valence-corrected chi connectivity index (χ4v) is 2.89. The predicted octanol–water partition coefficient (Wildman–Crippen LogP) is -1.69. The number of fused-ring (bicyclic) bond motifs is 2. The van der Waals surface area contributed by atoms with E-state index >= 15 is 0 Å². The van der Waals surface area contributed by atoms with Crippen LogP contribution in [0.4, 0.5) is 5.69 Å². The first-order chi connectivity index (χ1) is 10.5. The van der Waals surface area contributed by atoms with Crippen LogP contribution in [-0.4, -0.2) is 30.1 Å². The van der Waals surface area contributed by atoms with Crippen molar-refractivity contribution in [2.45, 2.75) is 12.2 Å². The number of aromatic carboxylic acids is 1. The summed E-state index contributed by atoms with van der Waals surface area (Å²) in [4.78, 5) is 34.6. The monoisotopic (exact) mass is 301 g/mol. The maximum atomic E-state index is 12.4. The average molecular weight is 301 g/mol. The van der Waals surface area contributed by atoms with Gasteiger partial charge in [-0.3, -0.25) is 4.79 Å². The summed E-state index contributed by atoms with van der Waals surface area (Å²) in [6, 6.07) is 5.74. The van der Waals surface area contributed by atoms with Gasteiger partial charge < -0.3 is 29.9 Å². The number of aliphatic carboxylic acids is 1. The van der Waals surface area contributed by atoms with Crippen molar-refractivity contribution in [3.8, 4) is 0 Å². The Morgan fingerprint density at radius 1 is 1.00 bits per heavy atom. The van der Waals surface area contributed by atoms with Crippen LogP contribution >= 0.6 is 0 Å². The van der Waals surface area contributed by atoms with Crippen LogP contribution in [0.5, 0.6) is 0 Å². The largest absolute Gasteiger partial charge is 0.550 e. The average Bonchev–Trinajstić information content (AvgIpc) is 3.08. The summed E-state index contributed by atoms with van der Waals surface area (Å²) in [7, 11) is 0. The van der Waals surface area contributed by atoms with Gasteiger partial charge in [0.05, 0.1) is 24.1 Å². The van der Waals surface area contributed by atoms with Crippen LogP contribution < -0.4 is 15.5 Å². The highest BCUT2D eigenvalue weighted by molar-refractivity contribution is 6.02. The van der Waals surface area contributed by atoms with Crippen molar-refractivity contribution in [2.24, 2.45) is 11.8 Å². The lowest BCUT2D eigenvalue weighted by molar-refractivity contribution is -0.313. The molecule has 2 bridgehead atoms. The second-order valence-electron chi connectivity index (χ2n) is 5.14. The molecule has 4 atom stereocenters. The lowest BCUT2D eigenvalue weighted by Crippen LogP contribution is -2.45. The van der Waals surface area contributed by atoms with E-state index in [0.29, 0.717) is 0 Å². The zero-order valence-corrected chi connectivity index (χ0v) is 11.2. The third-order valence-corrected chi connectivity index (χ3v) is 3.88. The molecule has 1 fully saturated rings. The fraction of sp³-hybridized carbons (Fsp3) is 0.267. The Balaban J connectivity index is 1.85. The van der Waals surface area contributed by atoms with Crippen molar-refractivity contribution in [1.29, 1.82) is 0 Å². The number of ether oxygens (including phenoxy) is 1. The topological polar surface area (TPSA) is 119 Å². The van der Waals surface area contributed by atoms with E-state index in [4.69, 9.17) is 4.74 Å². The van der Waals surface area contributed by atoms with Gasteiger partial charge in [0.1, 0.15) is 0 Å². The normalized spacial score (nSPS) is 28.5. The van der Waals surface area contributed by atoms with Crippen LogP contribution in [-0.2, 0) is 14.3 Å². The van der Waals surface area contributed by atoms with E-state index in [2.05, 4.69) is 5.32 Å². The van der Waals surface area contributed by atoms with Crippen molar-refractivity contribution in [3.05, 3.63) is 42.0 Å². The molecule has 2 aliphatic heterocycles. The molecule has 1 N–H and O–H groups in total. The number of para-hydroxylation sites is 1. The van der Waals surface area contributed by atoms with Crippen molar-refractivity contribution < 1.29 is 29.3 Å². The lowest BCUT2D eigenvalue weighted by Gasteiger charge is -2.25.